The number of hydrogen-bond donors (Lipinski definition) is 1. The molecule has 0 radical (unpaired) electrons. The molecule has 1 aliphatic rings. The summed E-state index contributed by atoms with van der Waals surface area (Å²) < 4.78 is 2.38. The molecular weight excluding hydrogens is 260 g/mol. The van der Waals surface area contributed by atoms with Crippen LogP contribution in [0.2, 0.25) is 0 Å². The predicted octanol–water partition coefficient (Wildman–Crippen LogP) is 3.84. The molecular formula is C17H32N4. The highest BCUT2D eigenvalue weighted by Crippen LogP contribution is 2.32. The summed E-state index contributed by atoms with van der Waals surface area (Å²) in [6, 6.07) is 1.31. The first-order chi connectivity index (χ1) is 10.1. The van der Waals surface area contributed by atoms with Gasteiger partial charge in [-0.25, -0.2) is 4.98 Å². The van der Waals surface area contributed by atoms with E-state index in [1.165, 1.54) is 45.1 Å². The van der Waals surface area contributed by atoms with Gasteiger partial charge < -0.3 is 14.8 Å². The molecule has 4 nitrogen and oxygen atoms in total. The Morgan fingerprint density at radius 3 is 2.71 bits per heavy atom. The quantitative estimate of drug-likeness (QED) is 0.739. The molecule has 0 aliphatic heterocycles. The van der Waals surface area contributed by atoms with E-state index in [1.807, 2.05) is 0 Å². The first-order valence-electron chi connectivity index (χ1n) is 8.57. The Morgan fingerprint density at radius 2 is 2.05 bits per heavy atom. The Bertz CT molecular complexity index is 418. The van der Waals surface area contributed by atoms with Gasteiger partial charge in [0.1, 0.15) is 0 Å². The molecule has 120 valence electrons. The van der Waals surface area contributed by atoms with Crippen LogP contribution in [-0.2, 0) is 0 Å². The van der Waals surface area contributed by atoms with Crippen LogP contribution in [0.15, 0.2) is 6.20 Å². The van der Waals surface area contributed by atoms with E-state index in [4.69, 9.17) is 0 Å². The van der Waals surface area contributed by atoms with Crippen LogP contribution < -0.4 is 5.32 Å². The summed E-state index contributed by atoms with van der Waals surface area (Å²) in [6.07, 6.45) is 10.0. The molecule has 0 amide bonds. The van der Waals surface area contributed by atoms with Crippen molar-refractivity contribution < 1.29 is 0 Å². The second kappa shape index (κ2) is 7.83. The van der Waals surface area contributed by atoms with Crippen molar-refractivity contribution in [1.82, 2.24) is 14.5 Å². The monoisotopic (exact) mass is 292 g/mol. The lowest BCUT2D eigenvalue weighted by molar-refractivity contribution is 0.269. The standard InChI is InChI=1S/C17H32N4/c1-14(2)20(4)12-8-7-11-18-17-19-15(3)13-21(17)16-9-5-6-10-16/h13-14,16H,5-12H2,1-4H3,(H,18,19). The Kier molecular flexibility index (Phi) is 6.09. The maximum atomic E-state index is 4.66. The fourth-order valence-electron chi connectivity index (χ4n) is 3.05. The van der Waals surface area contributed by atoms with Crippen molar-refractivity contribution in [2.45, 2.75) is 71.4 Å². The van der Waals surface area contributed by atoms with E-state index in [2.05, 4.69) is 53.8 Å². The predicted molar refractivity (Wildman–Crippen MR) is 90.0 cm³/mol. The zero-order valence-corrected chi connectivity index (χ0v) is 14.2. The van der Waals surface area contributed by atoms with Crippen molar-refractivity contribution in [3.05, 3.63) is 11.9 Å². The summed E-state index contributed by atoms with van der Waals surface area (Å²) in [4.78, 5) is 7.06. The van der Waals surface area contributed by atoms with Gasteiger partial charge in [0.05, 0.1) is 5.69 Å². The minimum Gasteiger partial charge on any atom is -0.356 e. The highest BCUT2D eigenvalue weighted by molar-refractivity contribution is 5.29. The first kappa shape index (κ1) is 16.3. The zero-order chi connectivity index (χ0) is 15.2. The molecule has 0 spiro atoms. The average molecular weight is 292 g/mol. The van der Waals surface area contributed by atoms with Crippen molar-refractivity contribution in [1.29, 1.82) is 0 Å². The summed E-state index contributed by atoms with van der Waals surface area (Å²) in [7, 11) is 2.20. The first-order valence-corrected chi connectivity index (χ1v) is 8.57. The molecule has 0 aromatic carbocycles. The van der Waals surface area contributed by atoms with E-state index in [9.17, 15) is 0 Å². The zero-order valence-electron chi connectivity index (χ0n) is 14.2. The molecule has 0 unspecified atom stereocenters. The van der Waals surface area contributed by atoms with Gasteiger partial charge in [-0.3, -0.25) is 0 Å². The second-order valence-corrected chi connectivity index (χ2v) is 6.76. The molecule has 2 rings (SSSR count). The van der Waals surface area contributed by atoms with Crippen LogP contribution in [0.3, 0.4) is 0 Å². The van der Waals surface area contributed by atoms with Gasteiger partial charge in [0.15, 0.2) is 0 Å². The van der Waals surface area contributed by atoms with Crippen molar-refractivity contribution in [2.75, 3.05) is 25.5 Å². The van der Waals surface area contributed by atoms with Gasteiger partial charge >= 0.3 is 0 Å². The van der Waals surface area contributed by atoms with Crippen molar-refractivity contribution in [3.63, 3.8) is 0 Å². The molecule has 0 bridgehead atoms. The smallest absolute Gasteiger partial charge is 0.203 e. The van der Waals surface area contributed by atoms with Gasteiger partial charge in [-0.15, -0.1) is 0 Å². The van der Waals surface area contributed by atoms with Crippen LogP contribution in [0.25, 0.3) is 0 Å². The Balaban J connectivity index is 1.75. The maximum absolute atomic E-state index is 4.66. The van der Waals surface area contributed by atoms with Crippen molar-refractivity contribution in [3.8, 4) is 0 Å². The number of aryl methyl sites for hydroxylation is 1. The van der Waals surface area contributed by atoms with Crippen LogP contribution in [0.4, 0.5) is 5.95 Å². The van der Waals surface area contributed by atoms with Gasteiger partial charge in [0.2, 0.25) is 5.95 Å². The van der Waals surface area contributed by atoms with Crippen LogP contribution in [0, 0.1) is 6.92 Å². The van der Waals surface area contributed by atoms with E-state index in [0.717, 1.165) is 18.2 Å². The summed E-state index contributed by atoms with van der Waals surface area (Å²) in [5.74, 6) is 1.08. The summed E-state index contributed by atoms with van der Waals surface area (Å²) in [5.41, 5.74) is 1.13. The summed E-state index contributed by atoms with van der Waals surface area (Å²) in [6.45, 7) is 8.79. The van der Waals surface area contributed by atoms with Gasteiger partial charge in [0, 0.05) is 24.8 Å². The fraction of sp³-hybridized carbons (Fsp3) is 0.824. The van der Waals surface area contributed by atoms with Crippen molar-refractivity contribution >= 4 is 5.95 Å². The molecule has 4 heteroatoms. The van der Waals surface area contributed by atoms with Crippen LogP contribution in [0.1, 0.15) is 64.1 Å². The van der Waals surface area contributed by atoms with E-state index >= 15 is 0 Å². The molecule has 0 saturated heterocycles. The highest BCUT2D eigenvalue weighted by atomic mass is 15.2. The number of anilines is 1. The number of unbranched alkanes of at least 4 members (excludes halogenated alkanes) is 1. The van der Waals surface area contributed by atoms with Crippen molar-refractivity contribution in [2.24, 2.45) is 0 Å². The Labute approximate surface area is 129 Å². The number of nitrogens with zero attached hydrogens (tertiary/aromatic N) is 3. The van der Waals surface area contributed by atoms with Crippen LogP contribution in [-0.4, -0.2) is 40.6 Å². The van der Waals surface area contributed by atoms with Gasteiger partial charge in [-0.05, 0) is 60.0 Å². The SMILES string of the molecule is Cc1cn(C2CCCC2)c(NCCCCN(C)C(C)C)n1. The lowest BCUT2D eigenvalue weighted by Crippen LogP contribution is -2.27. The molecule has 0 atom stereocenters. The summed E-state index contributed by atoms with van der Waals surface area (Å²) >= 11 is 0. The highest BCUT2D eigenvalue weighted by Gasteiger charge is 2.19. The average Bonchev–Trinajstić information content (AvgIpc) is 3.07. The lowest BCUT2D eigenvalue weighted by atomic mass is 10.2. The second-order valence-electron chi connectivity index (χ2n) is 6.76. The molecule has 1 heterocycles. The maximum Gasteiger partial charge on any atom is 0.203 e. The number of rotatable bonds is 8. The molecule has 1 aromatic heterocycles. The van der Waals surface area contributed by atoms with Crippen LogP contribution >= 0.6 is 0 Å². The van der Waals surface area contributed by atoms with Crippen LogP contribution in [0.5, 0.6) is 0 Å². The van der Waals surface area contributed by atoms with E-state index in [1.54, 1.807) is 0 Å². The third-order valence-electron chi connectivity index (χ3n) is 4.67. The Morgan fingerprint density at radius 1 is 1.33 bits per heavy atom. The topological polar surface area (TPSA) is 33.1 Å². The molecule has 1 N–H and O–H groups in total. The third-order valence-corrected chi connectivity index (χ3v) is 4.67. The lowest BCUT2D eigenvalue weighted by Gasteiger charge is -2.20. The molecule has 21 heavy (non-hydrogen) atoms. The molecule has 1 saturated carbocycles. The largest absolute Gasteiger partial charge is 0.356 e. The van der Waals surface area contributed by atoms with Gasteiger partial charge in [-0.2, -0.15) is 0 Å². The molecule has 1 aromatic rings. The molecule has 1 aliphatic carbocycles. The number of hydrogen-bond acceptors (Lipinski definition) is 3. The molecule has 1 fully saturated rings. The third kappa shape index (κ3) is 4.73. The van der Waals surface area contributed by atoms with E-state index in [-0.39, 0.29) is 0 Å². The normalized spacial score (nSPS) is 16.3. The Hall–Kier alpha value is -1.03. The van der Waals surface area contributed by atoms with Gasteiger partial charge in [0.25, 0.3) is 0 Å². The minimum atomic E-state index is 0.641. The minimum absolute atomic E-state index is 0.641. The summed E-state index contributed by atoms with van der Waals surface area (Å²) in [5, 5.41) is 3.55. The van der Waals surface area contributed by atoms with Gasteiger partial charge in [-0.1, -0.05) is 12.8 Å². The number of nitrogens with one attached hydrogen (secondary N) is 1. The fourth-order valence-corrected chi connectivity index (χ4v) is 3.05. The number of imidazole rings is 1. The van der Waals surface area contributed by atoms with E-state index < -0.39 is 0 Å². The van der Waals surface area contributed by atoms with E-state index in [0.29, 0.717) is 12.1 Å². The number of aromatic nitrogens is 2.